The Morgan fingerprint density at radius 1 is 1.26 bits per heavy atom. The van der Waals surface area contributed by atoms with Gasteiger partial charge in [-0.05, 0) is 37.5 Å². The van der Waals surface area contributed by atoms with Crippen LogP contribution in [0.1, 0.15) is 19.3 Å². The molecule has 0 aromatic heterocycles. The summed E-state index contributed by atoms with van der Waals surface area (Å²) in [5, 5.41) is 5.68. The Bertz CT molecular complexity index is 671. The number of ether oxygens (including phenoxy) is 1. The molecule has 0 unspecified atom stereocenters. The molecule has 0 saturated carbocycles. The van der Waals surface area contributed by atoms with Crippen LogP contribution in [0, 0.1) is 0 Å². The standard InChI is InChI=1S/C15H21N3O4S/c19-15(16-12-5-8-22-9-6-12)17-13-3-1-4-14(11-13)18-7-2-10-23(18,20)21/h1,3-4,11-12H,2,5-10H2,(H2,16,17,19). The van der Waals surface area contributed by atoms with Gasteiger partial charge in [-0.15, -0.1) is 0 Å². The Kier molecular flexibility index (Phi) is 4.72. The van der Waals surface area contributed by atoms with Crippen molar-refractivity contribution in [2.24, 2.45) is 0 Å². The third-order valence-electron chi connectivity index (χ3n) is 4.05. The highest BCUT2D eigenvalue weighted by Crippen LogP contribution is 2.26. The molecule has 2 aliphatic rings. The molecule has 3 rings (SSSR count). The van der Waals surface area contributed by atoms with Crippen molar-refractivity contribution in [3.63, 3.8) is 0 Å². The largest absolute Gasteiger partial charge is 0.381 e. The predicted molar refractivity (Wildman–Crippen MR) is 88.2 cm³/mol. The number of hydrogen-bond donors (Lipinski definition) is 2. The average Bonchev–Trinajstić information content (AvgIpc) is 2.88. The maximum atomic E-state index is 12.0. The summed E-state index contributed by atoms with van der Waals surface area (Å²) in [5.74, 6) is 0.175. The van der Waals surface area contributed by atoms with Gasteiger partial charge in [-0.25, -0.2) is 13.2 Å². The number of carbonyl (C=O) groups excluding carboxylic acids is 1. The molecule has 2 N–H and O–H groups in total. The Morgan fingerprint density at radius 3 is 2.74 bits per heavy atom. The minimum atomic E-state index is -3.22. The fourth-order valence-corrected chi connectivity index (χ4v) is 4.42. The quantitative estimate of drug-likeness (QED) is 0.874. The zero-order valence-corrected chi connectivity index (χ0v) is 13.6. The lowest BCUT2D eigenvalue weighted by atomic mass is 10.1. The molecular weight excluding hydrogens is 318 g/mol. The van der Waals surface area contributed by atoms with Gasteiger partial charge in [0.05, 0.1) is 11.4 Å². The summed E-state index contributed by atoms with van der Waals surface area (Å²) in [6.45, 7) is 1.81. The highest BCUT2D eigenvalue weighted by Gasteiger charge is 2.28. The van der Waals surface area contributed by atoms with Crippen molar-refractivity contribution in [1.29, 1.82) is 0 Å². The maximum absolute atomic E-state index is 12.0. The van der Waals surface area contributed by atoms with Crippen LogP contribution in [0.4, 0.5) is 16.2 Å². The number of nitrogens with one attached hydrogen (secondary N) is 2. The number of urea groups is 1. The molecule has 23 heavy (non-hydrogen) atoms. The molecule has 0 spiro atoms. The summed E-state index contributed by atoms with van der Waals surface area (Å²) in [7, 11) is -3.22. The lowest BCUT2D eigenvalue weighted by Crippen LogP contribution is -2.41. The molecule has 2 fully saturated rings. The summed E-state index contributed by atoms with van der Waals surface area (Å²) in [6, 6.07) is 6.75. The zero-order valence-electron chi connectivity index (χ0n) is 12.8. The van der Waals surface area contributed by atoms with Gasteiger partial charge in [0.15, 0.2) is 0 Å². The molecule has 0 atom stereocenters. The van der Waals surface area contributed by atoms with Crippen molar-refractivity contribution < 1.29 is 17.9 Å². The van der Waals surface area contributed by atoms with Crippen LogP contribution in [0.2, 0.25) is 0 Å². The lowest BCUT2D eigenvalue weighted by Gasteiger charge is -2.23. The van der Waals surface area contributed by atoms with Crippen LogP contribution in [0.25, 0.3) is 0 Å². The highest BCUT2D eigenvalue weighted by atomic mass is 32.2. The van der Waals surface area contributed by atoms with Gasteiger partial charge >= 0.3 is 6.03 Å². The summed E-state index contributed by atoms with van der Waals surface area (Å²) < 4.78 is 30.6. The van der Waals surface area contributed by atoms with E-state index in [1.54, 1.807) is 24.3 Å². The molecule has 8 heteroatoms. The van der Waals surface area contributed by atoms with Crippen LogP contribution in [-0.4, -0.2) is 46.0 Å². The topological polar surface area (TPSA) is 87.7 Å². The Labute approximate surface area is 136 Å². The van der Waals surface area contributed by atoms with E-state index in [2.05, 4.69) is 10.6 Å². The third-order valence-corrected chi connectivity index (χ3v) is 5.92. The van der Waals surface area contributed by atoms with Gasteiger partial charge in [0.25, 0.3) is 0 Å². The molecule has 0 radical (unpaired) electrons. The molecule has 0 aliphatic carbocycles. The van der Waals surface area contributed by atoms with E-state index in [1.165, 1.54) is 4.31 Å². The summed E-state index contributed by atoms with van der Waals surface area (Å²) in [4.78, 5) is 12.0. The molecule has 2 amide bonds. The third kappa shape index (κ3) is 3.94. The maximum Gasteiger partial charge on any atom is 0.319 e. The average molecular weight is 339 g/mol. The second-order valence-electron chi connectivity index (χ2n) is 5.78. The van der Waals surface area contributed by atoms with Gasteiger partial charge in [0, 0.05) is 31.5 Å². The van der Waals surface area contributed by atoms with Crippen molar-refractivity contribution in [2.45, 2.75) is 25.3 Å². The van der Waals surface area contributed by atoms with Gasteiger partial charge in [0.1, 0.15) is 0 Å². The van der Waals surface area contributed by atoms with Crippen molar-refractivity contribution in [1.82, 2.24) is 5.32 Å². The van der Waals surface area contributed by atoms with Crippen LogP contribution in [0.15, 0.2) is 24.3 Å². The molecule has 2 heterocycles. The normalized spacial score (nSPS) is 21.1. The van der Waals surface area contributed by atoms with E-state index < -0.39 is 10.0 Å². The van der Waals surface area contributed by atoms with Gasteiger partial charge in [0.2, 0.25) is 10.0 Å². The van der Waals surface area contributed by atoms with Crippen LogP contribution in [0.5, 0.6) is 0 Å². The molecule has 2 saturated heterocycles. The summed E-state index contributed by atoms with van der Waals surface area (Å²) in [6.07, 6.45) is 2.24. The number of rotatable bonds is 3. The molecule has 1 aromatic carbocycles. The zero-order chi connectivity index (χ0) is 16.3. The van der Waals surface area contributed by atoms with E-state index in [0.29, 0.717) is 37.6 Å². The van der Waals surface area contributed by atoms with Crippen LogP contribution in [0.3, 0.4) is 0 Å². The number of benzene rings is 1. The van der Waals surface area contributed by atoms with Gasteiger partial charge in [-0.1, -0.05) is 6.07 Å². The van der Waals surface area contributed by atoms with Crippen molar-refractivity contribution in [2.75, 3.05) is 35.1 Å². The van der Waals surface area contributed by atoms with Gasteiger partial charge < -0.3 is 15.4 Å². The first-order valence-electron chi connectivity index (χ1n) is 7.80. The first kappa shape index (κ1) is 16.1. The van der Waals surface area contributed by atoms with E-state index in [0.717, 1.165) is 12.8 Å². The van der Waals surface area contributed by atoms with Crippen molar-refractivity contribution in [3.8, 4) is 0 Å². The highest BCUT2D eigenvalue weighted by molar-refractivity contribution is 7.93. The lowest BCUT2D eigenvalue weighted by molar-refractivity contribution is 0.0806. The van der Waals surface area contributed by atoms with E-state index in [-0.39, 0.29) is 17.8 Å². The number of amides is 2. The van der Waals surface area contributed by atoms with E-state index in [4.69, 9.17) is 4.74 Å². The number of nitrogens with zero attached hydrogens (tertiary/aromatic N) is 1. The van der Waals surface area contributed by atoms with Crippen LogP contribution >= 0.6 is 0 Å². The van der Waals surface area contributed by atoms with E-state index in [1.807, 2.05) is 0 Å². The van der Waals surface area contributed by atoms with E-state index in [9.17, 15) is 13.2 Å². The minimum Gasteiger partial charge on any atom is -0.381 e. The minimum absolute atomic E-state index is 0.117. The monoisotopic (exact) mass is 339 g/mol. The van der Waals surface area contributed by atoms with Gasteiger partial charge in [-0.3, -0.25) is 4.31 Å². The van der Waals surface area contributed by atoms with Crippen molar-refractivity contribution >= 4 is 27.4 Å². The first-order valence-corrected chi connectivity index (χ1v) is 9.41. The Hall–Kier alpha value is -1.80. The molecule has 7 nitrogen and oxygen atoms in total. The number of sulfonamides is 1. The fraction of sp³-hybridized carbons (Fsp3) is 0.533. The molecule has 126 valence electrons. The SMILES string of the molecule is O=C(Nc1cccc(N2CCCS2(=O)=O)c1)NC1CCOCC1. The second-order valence-corrected chi connectivity index (χ2v) is 7.79. The smallest absolute Gasteiger partial charge is 0.319 e. The molecular formula is C15H21N3O4S. The molecule has 1 aromatic rings. The Balaban J connectivity index is 1.64. The number of hydrogen-bond acceptors (Lipinski definition) is 4. The Morgan fingerprint density at radius 2 is 2.04 bits per heavy atom. The van der Waals surface area contributed by atoms with Crippen LogP contribution in [-0.2, 0) is 14.8 Å². The van der Waals surface area contributed by atoms with Crippen LogP contribution < -0.4 is 14.9 Å². The molecule has 2 aliphatic heterocycles. The first-order chi connectivity index (χ1) is 11.0. The number of anilines is 2. The fourth-order valence-electron chi connectivity index (χ4n) is 2.86. The summed E-state index contributed by atoms with van der Waals surface area (Å²) >= 11 is 0. The van der Waals surface area contributed by atoms with E-state index >= 15 is 0 Å². The molecule has 0 bridgehead atoms. The summed E-state index contributed by atoms with van der Waals surface area (Å²) in [5.41, 5.74) is 1.17. The van der Waals surface area contributed by atoms with Crippen molar-refractivity contribution in [3.05, 3.63) is 24.3 Å². The van der Waals surface area contributed by atoms with Gasteiger partial charge in [-0.2, -0.15) is 0 Å². The number of carbonyl (C=O) groups is 1. The second kappa shape index (κ2) is 6.76. The predicted octanol–water partition coefficient (Wildman–Crippen LogP) is 1.53.